The van der Waals surface area contributed by atoms with Gasteiger partial charge in [-0.1, -0.05) is 0 Å². The van der Waals surface area contributed by atoms with Crippen LogP contribution in [0.5, 0.6) is 0 Å². The Balaban J connectivity index is 1.57. The van der Waals surface area contributed by atoms with Gasteiger partial charge in [0.25, 0.3) is 0 Å². The van der Waals surface area contributed by atoms with Crippen molar-refractivity contribution in [2.24, 2.45) is 17.5 Å². The molecule has 1 aliphatic carbocycles. The van der Waals surface area contributed by atoms with Gasteiger partial charge in [0.1, 0.15) is 12.4 Å². The minimum atomic E-state index is 0.280. The van der Waals surface area contributed by atoms with Gasteiger partial charge in [-0.25, -0.2) is 4.99 Å². The fourth-order valence-corrected chi connectivity index (χ4v) is 3.21. The van der Waals surface area contributed by atoms with Crippen molar-refractivity contribution in [3.05, 3.63) is 11.6 Å². The maximum absolute atomic E-state index is 5.71. The Morgan fingerprint density at radius 2 is 2.23 bits per heavy atom. The highest BCUT2D eigenvalue weighted by molar-refractivity contribution is 5.79. The lowest BCUT2D eigenvalue weighted by Crippen LogP contribution is -2.43. The van der Waals surface area contributed by atoms with Gasteiger partial charge in [-0.2, -0.15) is 0 Å². The van der Waals surface area contributed by atoms with E-state index in [9.17, 15) is 0 Å². The van der Waals surface area contributed by atoms with E-state index in [1.807, 2.05) is 18.5 Å². The van der Waals surface area contributed by atoms with Gasteiger partial charge >= 0.3 is 0 Å². The quantitative estimate of drug-likeness (QED) is 0.505. The van der Waals surface area contributed by atoms with Crippen molar-refractivity contribution in [3.63, 3.8) is 0 Å². The number of hydrogen-bond donors (Lipinski definition) is 2. The van der Waals surface area contributed by atoms with E-state index in [-0.39, 0.29) is 6.10 Å². The number of aliphatic imine (C=N–C) groups is 1. The van der Waals surface area contributed by atoms with Crippen LogP contribution in [-0.2, 0) is 23.1 Å². The van der Waals surface area contributed by atoms with Gasteiger partial charge < -0.3 is 24.7 Å². The maximum Gasteiger partial charge on any atom is 0.191 e. The van der Waals surface area contributed by atoms with Crippen molar-refractivity contribution in [1.29, 1.82) is 0 Å². The van der Waals surface area contributed by atoms with Gasteiger partial charge in [0.05, 0.1) is 6.10 Å². The van der Waals surface area contributed by atoms with Crippen molar-refractivity contribution < 1.29 is 9.47 Å². The van der Waals surface area contributed by atoms with E-state index in [1.165, 1.54) is 12.8 Å². The molecule has 1 atom stereocenters. The summed E-state index contributed by atoms with van der Waals surface area (Å²) in [5, 5.41) is 15.3. The Labute approximate surface area is 155 Å². The van der Waals surface area contributed by atoms with Gasteiger partial charge in [0, 0.05) is 40.5 Å². The predicted octanol–water partition coefficient (Wildman–Crippen LogP) is 1.15. The third kappa shape index (κ3) is 5.17. The van der Waals surface area contributed by atoms with E-state index in [2.05, 4.69) is 20.8 Å². The maximum atomic E-state index is 5.71. The zero-order valence-electron chi connectivity index (χ0n) is 16.3. The molecule has 0 amide bonds. The van der Waals surface area contributed by atoms with Crippen LogP contribution in [0.4, 0.5) is 0 Å². The SMILES string of the molecule is COCCC1(CNC(=NCc2nnc(C)n2C)NCC2CCCO2)CC1. The Hall–Kier alpha value is -1.67. The fraction of sp³-hybridized carbons (Fsp3) is 0.833. The largest absolute Gasteiger partial charge is 0.385 e. The van der Waals surface area contributed by atoms with Crippen LogP contribution < -0.4 is 10.6 Å². The first-order valence-electron chi connectivity index (χ1n) is 9.59. The van der Waals surface area contributed by atoms with Gasteiger partial charge in [-0.3, -0.25) is 0 Å². The summed E-state index contributed by atoms with van der Waals surface area (Å²) >= 11 is 0. The summed E-state index contributed by atoms with van der Waals surface area (Å²) in [6.07, 6.45) is 6.14. The lowest BCUT2D eigenvalue weighted by atomic mass is 10.0. The van der Waals surface area contributed by atoms with Crippen LogP contribution in [0.25, 0.3) is 0 Å². The molecule has 8 nitrogen and oxygen atoms in total. The molecule has 1 aliphatic heterocycles. The van der Waals surface area contributed by atoms with Gasteiger partial charge in [0.15, 0.2) is 11.8 Å². The van der Waals surface area contributed by atoms with Crippen LogP contribution in [0.1, 0.15) is 43.8 Å². The zero-order chi connectivity index (χ0) is 18.4. The van der Waals surface area contributed by atoms with E-state index >= 15 is 0 Å². The second-order valence-electron chi connectivity index (χ2n) is 7.50. The van der Waals surface area contributed by atoms with Gasteiger partial charge in [-0.15, -0.1) is 10.2 Å². The summed E-state index contributed by atoms with van der Waals surface area (Å²) in [7, 11) is 3.74. The number of aryl methyl sites for hydroxylation is 1. The fourth-order valence-electron chi connectivity index (χ4n) is 3.21. The van der Waals surface area contributed by atoms with Gasteiger partial charge in [-0.05, 0) is 44.4 Å². The van der Waals surface area contributed by atoms with Crippen molar-refractivity contribution in [3.8, 4) is 0 Å². The van der Waals surface area contributed by atoms with E-state index in [0.717, 1.165) is 63.2 Å². The first kappa shape index (κ1) is 19.1. The Morgan fingerprint density at radius 3 is 2.85 bits per heavy atom. The summed E-state index contributed by atoms with van der Waals surface area (Å²) in [5.74, 6) is 2.58. The molecule has 0 bridgehead atoms. The number of guanidine groups is 1. The summed E-state index contributed by atoms with van der Waals surface area (Å²) in [6, 6.07) is 0. The number of nitrogens with one attached hydrogen (secondary N) is 2. The number of aromatic nitrogens is 3. The molecule has 2 aliphatic rings. The van der Waals surface area contributed by atoms with Crippen LogP contribution in [0.3, 0.4) is 0 Å². The molecule has 1 saturated carbocycles. The lowest BCUT2D eigenvalue weighted by molar-refractivity contribution is 0.113. The average molecular weight is 364 g/mol. The molecule has 1 aromatic heterocycles. The zero-order valence-corrected chi connectivity index (χ0v) is 16.3. The third-order valence-electron chi connectivity index (χ3n) is 5.51. The number of ether oxygens (including phenoxy) is 2. The molecule has 0 aromatic carbocycles. The number of rotatable bonds is 9. The minimum Gasteiger partial charge on any atom is -0.385 e. The van der Waals surface area contributed by atoms with Gasteiger partial charge in [0.2, 0.25) is 0 Å². The van der Waals surface area contributed by atoms with E-state index < -0.39 is 0 Å². The van der Waals surface area contributed by atoms with E-state index in [0.29, 0.717) is 12.0 Å². The Bertz CT molecular complexity index is 605. The molecule has 1 aromatic rings. The topological polar surface area (TPSA) is 85.6 Å². The van der Waals surface area contributed by atoms with Crippen molar-refractivity contribution in [1.82, 2.24) is 25.4 Å². The van der Waals surface area contributed by atoms with Crippen LogP contribution in [-0.4, -0.2) is 60.2 Å². The van der Waals surface area contributed by atoms with E-state index in [1.54, 1.807) is 7.11 Å². The average Bonchev–Trinajstić information content (AvgIpc) is 3.07. The van der Waals surface area contributed by atoms with Crippen LogP contribution in [0, 0.1) is 12.3 Å². The molecule has 146 valence electrons. The predicted molar refractivity (Wildman–Crippen MR) is 100 cm³/mol. The molecule has 0 radical (unpaired) electrons. The Morgan fingerprint density at radius 1 is 1.38 bits per heavy atom. The van der Waals surface area contributed by atoms with Crippen LogP contribution in [0.15, 0.2) is 4.99 Å². The molecule has 2 N–H and O–H groups in total. The Kier molecular flexibility index (Phi) is 6.48. The van der Waals surface area contributed by atoms with Crippen LogP contribution in [0.2, 0.25) is 0 Å². The molecule has 2 fully saturated rings. The molecule has 8 heteroatoms. The molecule has 1 unspecified atom stereocenters. The number of hydrogen-bond acceptors (Lipinski definition) is 5. The normalized spacial score (nSPS) is 21.8. The van der Waals surface area contributed by atoms with Crippen molar-refractivity contribution in [2.45, 2.75) is 51.7 Å². The molecular formula is C18H32N6O2. The second kappa shape index (κ2) is 8.81. The summed E-state index contributed by atoms with van der Waals surface area (Å²) in [6.45, 7) is 5.84. The number of nitrogens with zero attached hydrogens (tertiary/aromatic N) is 4. The molecule has 0 spiro atoms. The molecule has 1 saturated heterocycles. The molecule has 2 heterocycles. The first-order chi connectivity index (χ1) is 12.6. The standard InChI is InChI=1S/C18H32N6O2/c1-14-22-23-16(24(14)2)12-20-17(19-11-15-5-4-9-26-15)21-13-18(6-7-18)8-10-25-3/h15H,4-13H2,1-3H3,(H2,19,20,21). The van der Waals surface area contributed by atoms with E-state index in [4.69, 9.17) is 14.5 Å². The lowest BCUT2D eigenvalue weighted by Gasteiger charge is -2.19. The first-order valence-corrected chi connectivity index (χ1v) is 9.59. The summed E-state index contributed by atoms with van der Waals surface area (Å²) in [4.78, 5) is 4.72. The highest BCUT2D eigenvalue weighted by atomic mass is 16.5. The van der Waals surface area contributed by atoms with Crippen molar-refractivity contribution in [2.75, 3.05) is 33.4 Å². The highest BCUT2D eigenvalue weighted by Crippen LogP contribution is 2.48. The molecule has 26 heavy (non-hydrogen) atoms. The molecular weight excluding hydrogens is 332 g/mol. The van der Waals surface area contributed by atoms with Crippen molar-refractivity contribution >= 4 is 5.96 Å². The van der Waals surface area contributed by atoms with Crippen LogP contribution >= 0.6 is 0 Å². The smallest absolute Gasteiger partial charge is 0.191 e. The highest BCUT2D eigenvalue weighted by Gasteiger charge is 2.41. The monoisotopic (exact) mass is 364 g/mol. The molecule has 3 rings (SSSR count). The third-order valence-corrected chi connectivity index (χ3v) is 5.51. The second-order valence-corrected chi connectivity index (χ2v) is 7.50. The summed E-state index contributed by atoms with van der Waals surface area (Å²) < 4.78 is 12.9. The minimum absolute atomic E-state index is 0.280. The summed E-state index contributed by atoms with van der Waals surface area (Å²) in [5.41, 5.74) is 0.365. The number of methoxy groups -OCH3 is 1.